The summed E-state index contributed by atoms with van der Waals surface area (Å²) in [5.41, 5.74) is 8.50. The molecule has 2 nitrogen and oxygen atoms in total. The monoisotopic (exact) mass is 250 g/mol. The van der Waals surface area contributed by atoms with Gasteiger partial charge in [0.25, 0.3) is 0 Å². The number of hydrogen-bond acceptors (Lipinski definition) is 3. The van der Waals surface area contributed by atoms with Crippen LogP contribution in [0.2, 0.25) is 0 Å². The lowest BCUT2D eigenvalue weighted by molar-refractivity contribution is 0.737. The molecule has 0 amide bonds. The van der Waals surface area contributed by atoms with Crippen LogP contribution in [0.4, 0.5) is 5.69 Å². The number of thioether (sulfide) groups is 1. The molecule has 0 saturated carbocycles. The van der Waals surface area contributed by atoms with Crippen LogP contribution in [0.15, 0.2) is 24.3 Å². The molecule has 0 radical (unpaired) electrons. The van der Waals surface area contributed by atoms with Crippen molar-refractivity contribution in [3.63, 3.8) is 0 Å². The Balaban J connectivity index is 2.01. The van der Waals surface area contributed by atoms with E-state index >= 15 is 0 Å². The van der Waals surface area contributed by atoms with E-state index in [1.165, 1.54) is 23.5 Å². The zero-order valence-corrected chi connectivity index (χ0v) is 11.5. The number of hydrogen-bond donors (Lipinski definition) is 1. The Morgan fingerprint density at radius 2 is 2.12 bits per heavy atom. The number of anilines is 1. The quantitative estimate of drug-likeness (QED) is 0.894. The smallest absolute Gasteiger partial charge is 0.0367 e. The molecule has 0 aromatic heterocycles. The lowest BCUT2D eigenvalue weighted by atomic mass is 10.1. The lowest BCUT2D eigenvalue weighted by Gasteiger charge is -2.32. The second-order valence-corrected chi connectivity index (χ2v) is 6.52. The number of nitrogens with zero attached hydrogens (tertiary/aromatic N) is 1. The summed E-state index contributed by atoms with van der Waals surface area (Å²) in [7, 11) is 0. The van der Waals surface area contributed by atoms with E-state index in [1.54, 1.807) is 0 Å². The zero-order chi connectivity index (χ0) is 12.3. The molecule has 0 spiro atoms. The van der Waals surface area contributed by atoms with Gasteiger partial charge in [0.1, 0.15) is 0 Å². The third-order valence-electron chi connectivity index (χ3n) is 3.10. The Morgan fingerprint density at radius 3 is 2.71 bits per heavy atom. The molecule has 2 N–H and O–H groups in total. The highest BCUT2D eigenvalue weighted by Crippen LogP contribution is 2.24. The van der Waals surface area contributed by atoms with Crippen LogP contribution < -0.4 is 10.6 Å². The summed E-state index contributed by atoms with van der Waals surface area (Å²) in [4.78, 5) is 2.48. The molecular formula is C14H22N2S. The lowest BCUT2D eigenvalue weighted by Crippen LogP contribution is -2.36. The largest absolute Gasteiger partial charge is 0.370 e. The molecule has 94 valence electrons. The number of benzene rings is 1. The van der Waals surface area contributed by atoms with Crippen LogP contribution in [0.5, 0.6) is 0 Å². The third kappa shape index (κ3) is 3.65. The summed E-state index contributed by atoms with van der Waals surface area (Å²) in [6.07, 6.45) is 0.965. The fourth-order valence-corrected chi connectivity index (χ4v) is 3.28. The molecule has 0 aliphatic carbocycles. The highest BCUT2D eigenvalue weighted by Gasteiger charge is 2.16. The van der Waals surface area contributed by atoms with Crippen molar-refractivity contribution in [2.75, 3.05) is 23.7 Å². The van der Waals surface area contributed by atoms with Crippen molar-refractivity contribution in [3.8, 4) is 0 Å². The van der Waals surface area contributed by atoms with Crippen LogP contribution in [-0.2, 0) is 6.42 Å². The van der Waals surface area contributed by atoms with Gasteiger partial charge >= 0.3 is 0 Å². The van der Waals surface area contributed by atoms with E-state index in [9.17, 15) is 0 Å². The minimum Gasteiger partial charge on any atom is -0.370 e. The number of rotatable bonds is 3. The summed E-state index contributed by atoms with van der Waals surface area (Å²) in [5, 5.41) is 0.743. The van der Waals surface area contributed by atoms with Gasteiger partial charge in [0.05, 0.1) is 0 Å². The van der Waals surface area contributed by atoms with Crippen molar-refractivity contribution >= 4 is 17.4 Å². The van der Waals surface area contributed by atoms with Crippen LogP contribution >= 0.6 is 11.8 Å². The summed E-state index contributed by atoms with van der Waals surface area (Å²) in [6.45, 7) is 6.69. The van der Waals surface area contributed by atoms with Crippen LogP contribution in [-0.4, -0.2) is 30.1 Å². The normalized spacial score (nSPS) is 22.5. The van der Waals surface area contributed by atoms with Crippen molar-refractivity contribution in [2.45, 2.75) is 31.6 Å². The highest BCUT2D eigenvalue weighted by atomic mass is 32.2. The molecular weight excluding hydrogens is 228 g/mol. The first kappa shape index (κ1) is 12.8. The Hall–Kier alpha value is -0.670. The highest BCUT2D eigenvalue weighted by molar-refractivity contribution is 8.00. The van der Waals surface area contributed by atoms with E-state index < -0.39 is 0 Å². The molecule has 2 unspecified atom stereocenters. The molecule has 1 aromatic carbocycles. The van der Waals surface area contributed by atoms with Crippen molar-refractivity contribution in [3.05, 3.63) is 29.8 Å². The molecule has 1 heterocycles. The number of nitrogens with two attached hydrogens (primary N) is 1. The molecule has 0 bridgehead atoms. The van der Waals surface area contributed by atoms with E-state index in [-0.39, 0.29) is 6.04 Å². The van der Waals surface area contributed by atoms with Crippen LogP contribution in [0.3, 0.4) is 0 Å². The van der Waals surface area contributed by atoms with E-state index in [0.29, 0.717) is 0 Å². The molecule has 2 atom stereocenters. The Morgan fingerprint density at radius 1 is 1.41 bits per heavy atom. The van der Waals surface area contributed by atoms with Gasteiger partial charge in [-0.15, -0.1) is 0 Å². The van der Waals surface area contributed by atoms with Gasteiger partial charge < -0.3 is 10.6 Å². The average Bonchev–Trinajstić information content (AvgIpc) is 2.29. The Kier molecular flexibility index (Phi) is 4.35. The first-order chi connectivity index (χ1) is 8.15. The van der Waals surface area contributed by atoms with Crippen LogP contribution in [0, 0.1) is 0 Å². The molecule has 2 rings (SSSR count). The van der Waals surface area contributed by atoms with Gasteiger partial charge in [-0.05, 0) is 31.0 Å². The third-order valence-corrected chi connectivity index (χ3v) is 4.24. The standard InChI is InChI=1S/C14H22N2S/c1-11(15)9-13-3-5-14(6-4-13)16-7-8-17-12(2)10-16/h3-6,11-12H,7-10,15H2,1-2H3. The zero-order valence-electron chi connectivity index (χ0n) is 10.7. The van der Waals surface area contributed by atoms with E-state index in [0.717, 1.165) is 18.2 Å². The first-order valence-corrected chi connectivity index (χ1v) is 7.41. The van der Waals surface area contributed by atoms with Gasteiger partial charge in [0, 0.05) is 35.8 Å². The maximum absolute atomic E-state index is 5.81. The molecule has 1 fully saturated rings. The minimum absolute atomic E-state index is 0.243. The molecule has 3 heteroatoms. The van der Waals surface area contributed by atoms with Gasteiger partial charge in [-0.25, -0.2) is 0 Å². The van der Waals surface area contributed by atoms with E-state index in [4.69, 9.17) is 5.73 Å². The van der Waals surface area contributed by atoms with Gasteiger partial charge in [-0.3, -0.25) is 0 Å². The molecule has 1 aliphatic heterocycles. The van der Waals surface area contributed by atoms with E-state index in [1.807, 2.05) is 0 Å². The van der Waals surface area contributed by atoms with E-state index in [2.05, 4.69) is 54.8 Å². The molecule has 1 saturated heterocycles. The van der Waals surface area contributed by atoms with Crippen molar-refractivity contribution in [2.24, 2.45) is 5.73 Å². The molecule has 1 aromatic rings. The van der Waals surface area contributed by atoms with Gasteiger partial charge in [0.15, 0.2) is 0 Å². The average molecular weight is 250 g/mol. The van der Waals surface area contributed by atoms with Gasteiger partial charge in [-0.1, -0.05) is 19.1 Å². The molecule has 17 heavy (non-hydrogen) atoms. The SMILES string of the molecule is CC(N)Cc1ccc(N2CCSC(C)C2)cc1. The van der Waals surface area contributed by atoms with Crippen molar-refractivity contribution < 1.29 is 0 Å². The fourth-order valence-electron chi connectivity index (χ4n) is 2.27. The second-order valence-electron chi connectivity index (χ2n) is 4.98. The maximum Gasteiger partial charge on any atom is 0.0367 e. The summed E-state index contributed by atoms with van der Waals surface area (Å²) < 4.78 is 0. The van der Waals surface area contributed by atoms with Crippen molar-refractivity contribution in [1.29, 1.82) is 0 Å². The van der Waals surface area contributed by atoms with Crippen LogP contribution in [0.1, 0.15) is 19.4 Å². The summed E-state index contributed by atoms with van der Waals surface area (Å²) >= 11 is 2.07. The van der Waals surface area contributed by atoms with Gasteiger partial charge in [0.2, 0.25) is 0 Å². The predicted molar refractivity (Wildman–Crippen MR) is 77.9 cm³/mol. The fraction of sp³-hybridized carbons (Fsp3) is 0.571. The molecule has 1 aliphatic rings. The summed E-state index contributed by atoms with van der Waals surface area (Å²) in [6, 6.07) is 9.14. The van der Waals surface area contributed by atoms with Gasteiger partial charge in [-0.2, -0.15) is 11.8 Å². The summed E-state index contributed by atoms with van der Waals surface area (Å²) in [5.74, 6) is 1.24. The maximum atomic E-state index is 5.81. The Labute approximate surface area is 109 Å². The topological polar surface area (TPSA) is 29.3 Å². The first-order valence-electron chi connectivity index (χ1n) is 6.36. The van der Waals surface area contributed by atoms with Crippen LogP contribution in [0.25, 0.3) is 0 Å². The van der Waals surface area contributed by atoms with Crippen molar-refractivity contribution in [1.82, 2.24) is 0 Å². The predicted octanol–water partition coefficient (Wildman–Crippen LogP) is 2.52. The second kappa shape index (κ2) is 5.78. The Bertz CT molecular complexity index is 348. The minimum atomic E-state index is 0.243.